The van der Waals surface area contributed by atoms with E-state index in [9.17, 15) is 0 Å². The zero-order chi connectivity index (χ0) is 13.0. The molecule has 1 heterocycles. The fraction of sp³-hybridized carbons (Fsp3) is 0.714. The fourth-order valence-corrected chi connectivity index (χ4v) is 2.85. The highest BCUT2D eigenvalue weighted by Gasteiger charge is 2.22. The third kappa shape index (κ3) is 2.74. The molecular weight excluding hydrogens is 224 g/mol. The van der Waals surface area contributed by atoms with Gasteiger partial charge in [0.25, 0.3) is 0 Å². The van der Waals surface area contributed by atoms with E-state index in [4.69, 9.17) is 5.73 Å². The van der Waals surface area contributed by atoms with Crippen LogP contribution in [0.25, 0.3) is 0 Å². The summed E-state index contributed by atoms with van der Waals surface area (Å²) in [6, 6.07) is 0.614. The van der Waals surface area contributed by atoms with Crippen molar-refractivity contribution in [1.82, 2.24) is 9.97 Å². The molecule has 1 saturated carbocycles. The predicted molar refractivity (Wildman–Crippen MR) is 75.7 cm³/mol. The van der Waals surface area contributed by atoms with E-state index in [2.05, 4.69) is 28.8 Å². The lowest BCUT2D eigenvalue weighted by Crippen LogP contribution is -2.34. The second-order valence-corrected chi connectivity index (χ2v) is 5.21. The molecule has 4 nitrogen and oxygen atoms in total. The van der Waals surface area contributed by atoms with Gasteiger partial charge in [0.2, 0.25) is 0 Å². The number of hydrogen-bond acceptors (Lipinski definition) is 4. The minimum Gasteiger partial charge on any atom is -0.383 e. The molecule has 1 aliphatic carbocycles. The van der Waals surface area contributed by atoms with Gasteiger partial charge in [0.15, 0.2) is 0 Å². The van der Waals surface area contributed by atoms with E-state index in [1.165, 1.54) is 32.1 Å². The van der Waals surface area contributed by atoms with Crippen LogP contribution in [0.4, 0.5) is 11.6 Å². The Kier molecular flexibility index (Phi) is 4.39. The first-order valence-corrected chi connectivity index (χ1v) is 7.06. The summed E-state index contributed by atoms with van der Waals surface area (Å²) in [5, 5.41) is 0. The van der Waals surface area contributed by atoms with E-state index < -0.39 is 0 Å². The van der Waals surface area contributed by atoms with Crippen LogP contribution in [0.3, 0.4) is 0 Å². The minimum atomic E-state index is 0.614. The summed E-state index contributed by atoms with van der Waals surface area (Å²) in [4.78, 5) is 10.9. The smallest absolute Gasteiger partial charge is 0.137 e. The Bertz CT molecular complexity index is 385. The molecule has 0 aliphatic heterocycles. The summed E-state index contributed by atoms with van der Waals surface area (Å²) in [6.45, 7) is 2.16. The molecule has 2 rings (SSSR count). The fourth-order valence-electron chi connectivity index (χ4n) is 2.85. The van der Waals surface area contributed by atoms with Crippen molar-refractivity contribution in [3.05, 3.63) is 11.9 Å². The van der Waals surface area contributed by atoms with Gasteiger partial charge in [-0.25, -0.2) is 9.97 Å². The van der Waals surface area contributed by atoms with Crippen LogP contribution < -0.4 is 10.6 Å². The molecule has 18 heavy (non-hydrogen) atoms. The van der Waals surface area contributed by atoms with Crippen molar-refractivity contribution in [2.24, 2.45) is 0 Å². The maximum atomic E-state index is 6.00. The van der Waals surface area contributed by atoms with Crippen molar-refractivity contribution in [3.8, 4) is 0 Å². The van der Waals surface area contributed by atoms with Crippen LogP contribution in [0.2, 0.25) is 0 Å². The lowest BCUT2D eigenvalue weighted by molar-refractivity contribution is 0.425. The molecule has 0 radical (unpaired) electrons. The van der Waals surface area contributed by atoms with Gasteiger partial charge in [0.05, 0.1) is 0 Å². The zero-order valence-corrected chi connectivity index (χ0v) is 11.5. The number of nitrogen functional groups attached to an aromatic ring is 1. The third-order valence-electron chi connectivity index (χ3n) is 3.91. The molecule has 0 spiro atoms. The van der Waals surface area contributed by atoms with Gasteiger partial charge >= 0.3 is 0 Å². The van der Waals surface area contributed by atoms with Crippen LogP contribution in [0, 0.1) is 0 Å². The molecule has 100 valence electrons. The zero-order valence-electron chi connectivity index (χ0n) is 11.5. The summed E-state index contributed by atoms with van der Waals surface area (Å²) in [7, 11) is 2.15. The lowest BCUT2D eigenvalue weighted by Gasteiger charge is -2.33. The number of rotatable bonds is 4. The molecule has 0 amide bonds. The molecule has 4 heteroatoms. The molecule has 2 N–H and O–H groups in total. The van der Waals surface area contributed by atoms with Crippen molar-refractivity contribution in [1.29, 1.82) is 0 Å². The second kappa shape index (κ2) is 6.03. The number of nitrogens with two attached hydrogens (primary N) is 1. The van der Waals surface area contributed by atoms with Crippen LogP contribution in [-0.2, 0) is 6.42 Å². The summed E-state index contributed by atoms with van der Waals surface area (Å²) >= 11 is 0. The van der Waals surface area contributed by atoms with E-state index in [1.807, 2.05) is 0 Å². The lowest BCUT2D eigenvalue weighted by atomic mass is 9.94. The van der Waals surface area contributed by atoms with Crippen molar-refractivity contribution in [2.75, 3.05) is 17.7 Å². The number of aromatic nitrogens is 2. The summed E-state index contributed by atoms with van der Waals surface area (Å²) < 4.78 is 0. The molecule has 1 aromatic rings. The van der Waals surface area contributed by atoms with Crippen LogP contribution in [-0.4, -0.2) is 23.1 Å². The van der Waals surface area contributed by atoms with E-state index in [0.29, 0.717) is 11.9 Å². The average molecular weight is 248 g/mol. The molecule has 0 atom stereocenters. The number of anilines is 2. The largest absolute Gasteiger partial charge is 0.383 e. The Labute approximate surface area is 110 Å². The van der Waals surface area contributed by atoms with Gasteiger partial charge in [-0.15, -0.1) is 0 Å². The van der Waals surface area contributed by atoms with Crippen LogP contribution in [0.1, 0.15) is 51.0 Å². The average Bonchev–Trinajstić information content (AvgIpc) is 2.41. The van der Waals surface area contributed by atoms with Crippen LogP contribution in [0.5, 0.6) is 0 Å². The SMILES string of the molecule is CCCc1c(N)ncnc1N(C)C1CCCCC1. The van der Waals surface area contributed by atoms with Gasteiger partial charge in [-0.05, 0) is 19.3 Å². The molecule has 1 aliphatic rings. The van der Waals surface area contributed by atoms with Gasteiger partial charge in [0, 0.05) is 18.7 Å². The molecular formula is C14H24N4. The van der Waals surface area contributed by atoms with Crippen molar-refractivity contribution < 1.29 is 0 Å². The minimum absolute atomic E-state index is 0.614. The van der Waals surface area contributed by atoms with E-state index in [1.54, 1.807) is 6.33 Å². The predicted octanol–water partition coefficient (Wildman–Crippen LogP) is 2.78. The van der Waals surface area contributed by atoms with Gasteiger partial charge in [0.1, 0.15) is 18.0 Å². The molecule has 1 aromatic heterocycles. The quantitative estimate of drug-likeness (QED) is 0.890. The first-order valence-electron chi connectivity index (χ1n) is 7.06. The Balaban J connectivity index is 2.22. The maximum Gasteiger partial charge on any atom is 0.137 e. The van der Waals surface area contributed by atoms with Crippen molar-refractivity contribution in [2.45, 2.75) is 57.9 Å². The van der Waals surface area contributed by atoms with Gasteiger partial charge in [-0.3, -0.25) is 0 Å². The second-order valence-electron chi connectivity index (χ2n) is 5.21. The normalized spacial score (nSPS) is 16.8. The Morgan fingerprint density at radius 2 is 2.00 bits per heavy atom. The van der Waals surface area contributed by atoms with Gasteiger partial charge in [-0.2, -0.15) is 0 Å². The van der Waals surface area contributed by atoms with Gasteiger partial charge in [-0.1, -0.05) is 32.6 Å². The van der Waals surface area contributed by atoms with Crippen LogP contribution in [0.15, 0.2) is 6.33 Å². The molecule has 0 unspecified atom stereocenters. The van der Waals surface area contributed by atoms with E-state index in [0.717, 1.165) is 24.2 Å². The maximum absolute atomic E-state index is 6.00. The molecule has 1 fully saturated rings. The Hall–Kier alpha value is -1.32. The van der Waals surface area contributed by atoms with E-state index >= 15 is 0 Å². The molecule has 0 bridgehead atoms. The topological polar surface area (TPSA) is 55.0 Å². The Morgan fingerprint density at radius 3 is 2.67 bits per heavy atom. The highest BCUT2D eigenvalue weighted by Crippen LogP contribution is 2.29. The van der Waals surface area contributed by atoms with Crippen molar-refractivity contribution in [3.63, 3.8) is 0 Å². The number of nitrogens with zero attached hydrogens (tertiary/aromatic N) is 3. The van der Waals surface area contributed by atoms with Crippen LogP contribution >= 0.6 is 0 Å². The summed E-state index contributed by atoms with van der Waals surface area (Å²) in [5.74, 6) is 1.68. The van der Waals surface area contributed by atoms with E-state index in [-0.39, 0.29) is 0 Å². The first-order chi connectivity index (χ1) is 8.74. The van der Waals surface area contributed by atoms with Gasteiger partial charge < -0.3 is 10.6 Å². The highest BCUT2D eigenvalue weighted by atomic mass is 15.2. The molecule has 0 saturated heterocycles. The summed E-state index contributed by atoms with van der Waals surface area (Å²) in [6.07, 6.45) is 10.2. The molecule has 0 aromatic carbocycles. The third-order valence-corrected chi connectivity index (χ3v) is 3.91. The first kappa shape index (κ1) is 13.1. The standard InChI is InChI=1S/C14H24N4/c1-3-7-12-13(15)16-10-17-14(12)18(2)11-8-5-4-6-9-11/h10-11H,3-9H2,1-2H3,(H2,15,16,17). The highest BCUT2D eigenvalue weighted by molar-refractivity contribution is 5.56. The number of hydrogen-bond donors (Lipinski definition) is 1. The summed E-state index contributed by atoms with van der Waals surface area (Å²) in [5.41, 5.74) is 7.12. The van der Waals surface area contributed by atoms with Crippen molar-refractivity contribution >= 4 is 11.6 Å². The monoisotopic (exact) mass is 248 g/mol. The Morgan fingerprint density at radius 1 is 1.28 bits per heavy atom.